The SMILES string of the molecule is CN=C(NCc1cccc(C(F)(F)F)c1)N1CCN(Cc2ccon2)CC1. The van der Waals surface area contributed by atoms with Gasteiger partial charge < -0.3 is 14.7 Å². The number of rotatable bonds is 4. The maximum absolute atomic E-state index is 12.8. The highest BCUT2D eigenvalue weighted by Gasteiger charge is 2.30. The Hall–Kier alpha value is -2.55. The predicted molar refractivity (Wildman–Crippen MR) is 95.0 cm³/mol. The lowest BCUT2D eigenvalue weighted by atomic mass is 10.1. The van der Waals surface area contributed by atoms with Gasteiger partial charge in [-0.25, -0.2) is 0 Å². The van der Waals surface area contributed by atoms with Crippen molar-refractivity contribution in [3.8, 4) is 0 Å². The van der Waals surface area contributed by atoms with Gasteiger partial charge in [0.1, 0.15) is 6.26 Å². The van der Waals surface area contributed by atoms with Crippen molar-refractivity contribution in [3.63, 3.8) is 0 Å². The first-order valence-electron chi connectivity index (χ1n) is 8.69. The van der Waals surface area contributed by atoms with Crippen LogP contribution in [0.5, 0.6) is 0 Å². The maximum Gasteiger partial charge on any atom is 0.416 e. The molecule has 1 saturated heterocycles. The van der Waals surface area contributed by atoms with Gasteiger partial charge in [0.05, 0.1) is 11.3 Å². The van der Waals surface area contributed by atoms with Crippen molar-refractivity contribution in [2.75, 3.05) is 33.2 Å². The lowest BCUT2D eigenvalue weighted by Gasteiger charge is -2.36. The third-order valence-corrected chi connectivity index (χ3v) is 4.47. The average Bonchev–Trinajstić information content (AvgIpc) is 3.16. The Bertz CT molecular complexity index is 753. The van der Waals surface area contributed by atoms with E-state index in [1.54, 1.807) is 19.4 Å². The van der Waals surface area contributed by atoms with Crippen molar-refractivity contribution in [1.82, 2.24) is 20.3 Å². The Balaban J connectivity index is 1.51. The molecule has 1 aliphatic heterocycles. The van der Waals surface area contributed by atoms with Crippen LogP contribution < -0.4 is 5.32 Å². The van der Waals surface area contributed by atoms with E-state index in [0.29, 0.717) is 11.5 Å². The maximum atomic E-state index is 12.8. The molecule has 1 N–H and O–H groups in total. The molecule has 1 aromatic carbocycles. The molecule has 1 aromatic heterocycles. The summed E-state index contributed by atoms with van der Waals surface area (Å²) in [4.78, 5) is 8.64. The summed E-state index contributed by atoms with van der Waals surface area (Å²) in [5, 5.41) is 7.08. The summed E-state index contributed by atoms with van der Waals surface area (Å²) >= 11 is 0. The van der Waals surface area contributed by atoms with Gasteiger partial charge >= 0.3 is 6.18 Å². The van der Waals surface area contributed by atoms with Gasteiger partial charge in [0, 0.05) is 52.4 Å². The molecule has 0 unspecified atom stereocenters. The number of aromatic nitrogens is 1. The molecule has 0 atom stereocenters. The molecule has 1 aliphatic rings. The van der Waals surface area contributed by atoms with Crippen LogP contribution in [0.2, 0.25) is 0 Å². The zero-order chi connectivity index (χ0) is 19.3. The summed E-state index contributed by atoms with van der Waals surface area (Å²) in [6.07, 6.45) is -2.77. The van der Waals surface area contributed by atoms with Crippen LogP contribution in [0, 0.1) is 0 Å². The van der Waals surface area contributed by atoms with E-state index in [2.05, 4.69) is 25.3 Å². The molecule has 6 nitrogen and oxygen atoms in total. The second-order valence-corrected chi connectivity index (χ2v) is 6.35. The number of halogens is 3. The molecular weight excluding hydrogens is 359 g/mol. The largest absolute Gasteiger partial charge is 0.416 e. The zero-order valence-electron chi connectivity index (χ0n) is 15.0. The molecule has 3 rings (SSSR count). The summed E-state index contributed by atoms with van der Waals surface area (Å²) < 4.78 is 43.3. The monoisotopic (exact) mass is 381 g/mol. The number of nitrogens with one attached hydrogen (secondary N) is 1. The molecule has 146 valence electrons. The molecule has 27 heavy (non-hydrogen) atoms. The minimum Gasteiger partial charge on any atom is -0.364 e. The fourth-order valence-electron chi connectivity index (χ4n) is 3.04. The first-order valence-corrected chi connectivity index (χ1v) is 8.69. The molecule has 0 bridgehead atoms. The van der Waals surface area contributed by atoms with Gasteiger partial charge in [-0.2, -0.15) is 13.2 Å². The highest BCUT2D eigenvalue weighted by atomic mass is 19.4. The van der Waals surface area contributed by atoms with Crippen molar-refractivity contribution in [2.45, 2.75) is 19.3 Å². The molecule has 0 radical (unpaired) electrons. The second kappa shape index (κ2) is 8.43. The smallest absolute Gasteiger partial charge is 0.364 e. The normalized spacial score (nSPS) is 16.6. The number of alkyl halides is 3. The number of piperazine rings is 1. The molecule has 9 heteroatoms. The highest BCUT2D eigenvalue weighted by Crippen LogP contribution is 2.29. The van der Waals surface area contributed by atoms with Crippen LogP contribution in [0.15, 0.2) is 46.1 Å². The Kier molecular flexibility index (Phi) is 6.00. The van der Waals surface area contributed by atoms with E-state index >= 15 is 0 Å². The topological polar surface area (TPSA) is 56.9 Å². The van der Waals surface area contributed by atoms with E-state index < -0.39 is 11.7 Å². The number of guanidine groups is 1. The van der Waals surface area contributed by atoms with Crippen LogP contribution >= 0.6 is 0 Å². The molecule has 0 aliphatic carbocycles. The summed E-state index contributed by atoms with van der Waals surface area (Å²) in [5.74, 6) is 0.688. The second-order valence-electron chi connectivity index (χ2n) is 6.35. The number of benzene rings is 1. The van der Waals surface area contributed by atoms with Crippen molar-refractivity contribution in [3.05, 3.63) is 53.4 Å². The minimum atomic E-state index is -4.34. The van der Waals surface area contributed by atoms with Crippen molar-refractivity contribution >= 4 is 5.96 Å². The Labute approximate surface area is 155 Å². The number of hydrogen-bond donors (Lipinski definition) is 1. The van der Waals surface area contributed by atoms with Gasteiger partial charge in [-0.05, 0) is 17.7 Å². The standard InChI is InChI=1S/C18H22F3N5O/c1-22-17(23-12-14-3-2-4-15(11-14)18(19,20)21)26-8-6-25(7-9-26)13-16-5-10-27-24-16/h2-5,10-11H,6-9,12-13H2,1H3,(H,22,23). The first kappa shape index (κ1) is 19.2. The van der Waals surface area contributed by atoms with Gasteiger partial charge in [0.2, 0.25) is 0 Å². The molecule has 0 saturated carbocycles. The molecular formula is C18H22F3N5O. The van der Waals surface area contributed by atoms with Gasteiger partial charge in [-0.15, -0.1) is 0 Å². The van der Waals surface area contributed by atoms with Crippen molar-refractivity contribution in [1.29, 1.82) is 0 Å². The van der Waals surface area contributed by atoms with Gasteiger partial charge in [0.25, 0.3) is 0 Å². The third-order valence-electron chi connectivity index (χ3n) is 4.47. The predicted octanol–water partition coefficient (Wildman–Crippen LogP) is 2.59. The summed E-state index contributed by atoms with van der Waals surface area (Å²) in [7, 11) is 1.68. The Morgan fingerprint density at radius 2 is 2.00 bits per heavy atom. The van der Waals surface area contributed by atoms with Gasteiger partial charge in [-0.1, -0.05) is 17.3 Å². The van der Waals surface area contributed by atoms with E-state index in [1.165, 1.54) is 6.07 Å². The van der Waals surface area contributed by atoms with E-state index in [-0.39, 0.29) is 6.54 Å². The van der Waals surface area contributed by atoms with E-state index in [1.807, 2.05) is 6.07 Å². The lowest BCUT2D eigenvalue weighted by Crippen LogP contribution is -2.52. The number of aliphatic imine (C=N–C) groups is 1. The highest BCUT2D eigenvalue weighted by molar-refractivity contribution is 5.80. The molecule has 2 heterocycles. The minimum absolute atomic E-state index is 0.287. The van der Waals surface area contributed by atoms with Gasteiger partial charge in [-0.3, -0.25) is 9.89 Å². The van der Waals surface area contributed by atoms with Crippen LogP contribution in [-0.4, -0.2) is 54.1 Å². The molecule has 1 fully saturated rings. The van der Waals surface area contributed by atoms with Crippen LogP contribution in [0.25, 0.3) is 0 Å². The summed E-state index contributed by atoms with van der Waals surface area (Å²) in [6, 6.07) is 7.18. The van der Waals surface area contributed by atoms with Crippen LogP contribution in [0.1, 0.15) is 16.8 Å². The first-order chi connectivity index (χ1) is 13.0. The molecule has 2 aromatic rings. The van der Waals surface area contributed by atoms with Crippen molar-refractivity contribution in [2.24, 2.45) is 4.99 Å². The fourth-order valence-corrected chi connectivity index (χ4v) is 3.04. The average molecular weight is 381 g/mol. The van der Waals surface area contributed by atoms with E-state index in [0.717, 1.165) is 50.6 Å². The summed E-state index contributed by atoms with van der Waals surface area (Å²) in [6.45, 7) is 4.27. The quantitative estimate of drug-likeness (QED) is 0.652. The van der Waals surface area contributed by atoms with Gasteiger partial charge in [0.15, 0.2) is 5.96 Å². The molecule has 0 spiro atoms. The number of hydrogen-bond acceptors (Lipinski definition) is 4. The van der Waals surface area contributed by atoms with E-state index in [9.17, 15) is 13.2 Å². The Morgan fingerprint density at radius 3 is 2.63 bits per heavy atom. The van der Waals surface area contributed by atoms with Crippen LogP contribution in [0.3, 0.4) is 0 Å². The van der Waals surface area contributed by atoms with Crippen molar-refractivity contribution < 1.29 is 17.7 Å². The third kappa shape index (κ3) is 5.22. The Morgan fingerprint density at radius 1 is 1.22 bits per heavy atom. The fraction of sp³-hybridized carbons (Fsp3) is 0.444. The molecule has 0 amide bonds. The zero-order valence-corrected chi connectivity index (χ0v) is 15.0. The lowest BCUT2D eigenvalue weighted by molar-refractivity contribution is -0.137. The van der Waals surface area contributed by atoms with Crippen LogP contribution in [-0.2, 0) is 19.3 Å². The number of nitrogens with zero attached hydrogens (tertiary/aromatic N) is 4. The van der Waals surface area contributed by atoms with Crippen LogP contribution in [0.4, 0.5) is 13.2 Å². The summed E-state index contributed by atoms with van der Waals surface area (Å²) in [5.41, 5.74) is 0.824. The van der Waals surface area contributed by atoms with E-state index in [4.69, 9.17) is 4.52 Å².